The van der Waals surface area contributed by atoms with Crippen LogP contribution in [0.3, 0.4) is 0 Å². The standard InChI is InChI=1S/C16H18N2O3/c1-18(9-10-3-2-6-17-8-10)15(19)13-11-4-5-12(7-11)14(13)16(20)21/h2-6,8,11-14H,7,9H2,1H3,(H,20,21). The molecule has 5 nitrogen and oxygen atoms in total. The number of amides is 1. The van der Waals surface area contributed by atoms with Gasteiger partial charge in [0.1, 0.15) is 0 Å². The summed E-state index contributed by atoms with van der Waals surface area (Å²) in [5, 5.41) is 9.41. The van der Waals surface area contributed by atoms with E-state index < -0.39 is 17.8 Å². The van der Waals surface area contributed by atoms with Crippen LogP contribution in [0.1, 0.15) is 12.0 Å². The molecule has 0 radical (unpaired) electrons. The smallest absolute Gasteiger partial charge is 0.307 e. The number of aliphatic carboxylic acids is 1. The molecule has 1 N–H and O–H groups in total. The highest BCUT2D eigenvalue weighted by Crippen LogP contribution is 2.48. The fourth-order valence-corrected chi connectivity index (χ4v) is 3.59. The summed E-state index contributed by atoms with van der Waals surface area (Å²) in [6.07, 6.45) is 8.15. The van der Waals surface area contributed by atoms with E-state index in [4.69, 9.17) is 0 Å². The van der Waals surface area contributed by atoms with Crippen LogP contribution in [0.5, 0.6) is 0 Å². The first kappa shape index (κ1) is 13.8. The zero-order chi connectivity index (χ0) is 15.0. The van der Waals surface area contributed by atoms with E-state index in [1.54, 1.807) is 24.3 Å². The zero-order valence-electron chi connectivity index (χ0n) is 11.8. The fourth-order valence-electron chi connectivity index (χ4n) is 3.59. The Bertz CT molecular complexity index is 584. The molecule has 0 aromatic carbocycles. The van der Waals surface area contributed by atoms with Crippen LogP contribution in [-0.2, 0) is 16.1 Å². The molecule has 0 saturated heterocycles. The van der Waals surface area contributed by atoms with Crippen molar-refractivity contribution < 1.29 is 14.7 Å². The molecule has 1 amide bonds. The average molecular weight is 286 g/mol. The number of aromatic nitrogens is 1. The van der Waals surface area contributed by atoms with Gasteiger partial charge in [0.2, 0.25) is 5.91 Å². The Balaban J connectivity index is 1.75. The van der Waals surface area contributed by atoms with Gasteiger partial charge in [0.25, 0.3) is 0 Å². The second-order valence-corrected chi connectivity index (χ2v) is 5.89. The summed E-state index contributed by atoms with van der Waals surface area (Å²) in [6.45, 7) is 0.455. The molecular weight excluding hydrogens is 268 g/mol. The number of carboxylic acids is 1. The lowest BCUT2D eigenvalue weighted by Gasteiger charge is -2.28. The van der Waals surface area contributed by atoms with Gasteiger partial charge in [-0.2, -0.15) is 0 Å². The van der Waals surface area contributed by atoms with E-state index >= 15 is 0 Å². The van der Waals surface area contributed by atoms with Crippen LogP contribution in [0.15, 0.2) is 36.7 Å². The second-order valence-electron chi connectivity index (χ2n) is 5.89. The highest BCUT2D eigenvalue weighted by Gasteiger charge is 2.52. The lowest BCUT2D eigenvalue weighted by molar-refractivity contribution is -0.150. The molecule has 1 heterocycles. The molecule has 1 saturated carbocycles. The number of pyridine rings is 1. The summed E-state index contributed by atoms with van der Waals surface area (Å²) in [6, 6.07) is 3.74. The second kappa shape index (κ2) is 5.31. The highest BCUT2D eigenvalue weighted by atomic mass is 16.4. The molecule has 2 aliphatic rings. The van der Waals surface area contributed by atoms with Crippen LogP contribution in [-0.4, -0.2) is 33.9 Å². The number of carboxylic acid groups (broad SMARTS) is 1. The number of fused-ring (bicyclic) bond motifs is 2. The molecule has 4 unspecified atom stereocenters. The van der Waals surface area contributed by atoms with Gasteiger partial charge < -0.3 is 10.0 Å². The third-order valence-electron chi connectivity index (χ3n) is 4.55. The van der Waals surface area contributed by atoms with Crippen LogP contribution < -0.4 is 0 Å². The number of rotatable bonds is 4. The molecule has 4 atom stereocenters. The Morgan fingerprint density at radius 3 is 2.67 bits per heavy atom. The number of nitrogens with zero attached hydrogens (tertiary/aromatic N) is 2. The van der Waals surface area contributed by atoms with E-state index in [1.807, 2.05) is 24.3 Å². The molecule has 21 heavy (non-hydrogen) atoms. The predicted octanol–water partition coefficient (Wildman–Crippen LogP) is 1.56. The zero-order valence-corrected chi connectivity index (χ0v) is 11.8. The first-order chi connectivity index (χ1) is 10.1. The lowest BCUT2D eigenvalue weighted by Crippen LogP contribution is -2.40. The summed E-state index contributed by atoms with van der Waals surface area (Å²) in [4.78, 5) is 29.8. The van der Waals surface area contributed by atoms with Crippen molar-refractivity contribution in [1.29, 1.82) is 0 Å². The minimum absolute atomic E-state index is 0.00763. The van der Waals surface area contributed by atoms with Crippen LogP contribution in [0.4, 0.5) is 0 Å². The van der Waals surface area contributed by atoms with E-state index in [9.17, 15) is 14.7 Å². The maximum absolute atomic E-state index is 12.7. The summed E-state index contributed by atoms with van der Waals surface area (Å²) in [5.41, 5.74) is 0.943. The van der Waals surface area contributed by atoms with Gasteiger partial charge in [-0.3, -0.25) is 14.6 Å². The molecular formula is C16H18N2O3. The van der Waals surface area contributed by atoms with E-state index in [0.717, 1.165) is 12.0 Å². The minimum atomic E-state index is -0.861. The van der Waals surface area contributed by atoms with Gasteiger partial charge in [-0.1, -0.05) is 18.2 Å². The normalized spacial score (nSPS) is 29.6. The number of allylic oxidation sites excluding steroid dienone is 2. The summed E-state index contributed by atoms with van der Waals surface area (Å²) < 4.78 is 0. The molecule has 0 aliphatic heterocycles. The molecule has 2 aliphatic carbocycles. The molecule has 3 rings (SSSR count). The van der Waals surface area contributed by atoms with Crippen molar-refractivity contribution >= 4 is 11.9 Å². The first-order valence-corrected chi connectivity index (χ1v) is 7.13. The van der Waals surface area contributed by atoms with Crippen molar-refractivity contribution in [3.63, 3.8) is 0 Å². The van der Waals surface area contributed by atoms with E-state index in [1.165, 1.54) is 0 Å². The summed E-state index contributed by atoms with van der Waals surface area (Å²) in [5.74, 6) is -1.88. The Labute approximate surface area is 123 Å². The monoisotopic (exact) mass is 286 g/mol. The molecule has 110 valence electrons. The van der Waals surface area contributed by atoms with E-state index in [-0.39, 0.29) is 17.7 Å². The van der Waals surface area contributed by atoms with Gasteiger partial charge in [0, 0.05) is 26.0 Å². The van der Waals surface area contributed by atoms with Crippen molar-refractivity contribution in [1.82, 2.24) is 9.88 Å². The maximum Gasteiger partial charge on any atom is 0.307 e. The summed E-state index contributed by atoms with van der Waals surface area (Å²) >= 11 is 0. The molecule has 1 aromatic heterocycles. The third-order valence-corrected chi connectivity index (χ3v) is 4.55. The van der Waals surface area contributed by atoms with Gasteiger partial charge in [0.15, 0.2) is 0 Å². The Kier molecular flexibility index (Phi) is 3.49. The lowest BCUT2D eigenvalue weighted by atomic mass is 9.82. The highest BCUT2D eigenvalue weighted by molar-refractivity contribution is 5.86. The Morgan fingerprint density at radius 2 is 2.05 bits per heavy atom. The Morgan fingerprint density at radius 1 is 1.33 bits per heavy atom. The van der Waals surface area contributed by atoms with Crippen LogP contribution in [0.2, 0.25) is 0 Å². The SMILES string of the molecule is CN(Cc1cccnc1)C(=O)C1C2C=CC(C2)C1C(=O)O. The van der Waals surface area contributed by atoms with Crippen LogP contribution >= 0.6 is 0 Å². The largest absolute Gasteiger partial charge is 0.481 e. The van der Waals surface area contributed by atoms with Gasteiger partial charge in [0.05, 0.1) is 11.8 Å². The molecule has 2 bridgehead atoms. The van der Waals surface area contributed by atoms with Gasteiger partial charge >= 0.3 is 5.97 Å². The molecule has 0 spiro atoms. The first-order valence-electron chi connectivity index (χ1n) is 7.13. The van der Waals surface area contributed by atoms with Gasteiger partial charge in [-0.15, -0.1) is 0 Å². The maximum atomic E-state index is 12.7. The van der Waals surface area contributed by atoms with Crippen molar-refractivity contribution in [2.24, 2.45) is 23.7 Å². The van der Waals surface area contributed by atoms with E-state index in [0.29, 0.717) is 6.54 Å². The number of carbonyl (C=O) groups excluding carboxylic acids is 1. The Hall–Kier alpha value is -2.17. The van der Waals surface area contributed by atoms with Crippen molar-refractivity contribution in [3.8, 4) is 0 Å². The number of hydrogen-bond donors (Lipinski definition) is 1. The van der Waals surface area contributed by atoms with Crippen LogP contribution in [0.25, 0.3) is 0 Å². The third kappa shape index (κ3) is 2.44. The van der Waals surface area contributed by atoms with Crippen molar-refractivity contribution in [3.05, 3.63) is 42.2 Å². The van der Waals surface area contributed by atoms with E-state index in [2.05, 4.69) is 4.98 Å². The molecule has 5 heteroatoms. The van der Waals surface area contributed by atoms with Gasteiger partial charge in [-0.25, -0.2) is 0 Å². The molecule has 1 fully saturated rings. The number of hydrogen-bond acceptors (Lipinski definition) is 3. The summed E-state index contributed by atoms with van der Waals surface area (Å²) in [7, 11) is 1.73. The quantitative estimate of drug-likeness (QED) is 0.853. The minimum Gasteiger partial charge on any atom is -0.481 e. The number of carbonyl (C=O) groups is 2. The average Bonchev–Trinajstić information content (AvgIpc) is 3.08. The molecule has 1 aromatic rings. The topological polar surface area (TPSA) is 70.5 Å². The predicted molar refractivity (Wildman–Crippen MR) is 76.1 cm³/mol. The van der Waals surface area contributed by atoms with Crippen molar-refractivity contribution in [2.75, 3.05) is 7.05 Å². The van der Waals surface area contributed by atoms with Crippen molar-refractivity contribution in [2.45, 2.75) is 13.0 Å². The van der Waals surface area contributed by atoms with Gasteiger partial charge in [-0.05, 0) is 29.9 Å². The van der Waals surface area contributed by atoms with Crippen LogP contribution in [0, 0.1) is 23.7 Å². The fraction of sp³-hybridized carbons (Fsp3) is 0.438.